The van der Waals surface area contributed by atoms with E-state index < -0.39 is 35.4 Å². The molecule has 1 saturated heterocycles. The molecule has 10 heteroatoms. The molecule has 2 aliphatic heterocycles. The third kappa shape index (κ3) is 6.57. The van der Waals surface area contributed by atoms with Crippen molar-refractivity contribution in [3.05, 3.63) is 95.6 Å². The van der Waals surface area contributed by atoms with Crippen molar-refractivity contribution in [3.63, 3.8) is 0 Å². The van der Waals surface area contributed by atoms with E-state index in [4.69, 9.17) is 18.3 Å². The van der Waals surface area contributed by atoms with E-state index in [-0.39, 0.29) is 29.4 Å². The maximum Gasteiger partial charge on any atom is 0.314 e. The van der Waals surface area contributed by atoms with Crippen LogP contribution < -0.4 is 0 Å². The second-order valence-corrected chi connectivity index (χ2v) is 20.7. The number of fused-ring (bicyclic) bond motifs is 1. The smallest absolute Gasteiger partial charge is 0.314 e. The first-order chi connectivity index (χ1) is 22.8. The van der Waals surface area contributed by atoms with E-state index >= 15 is 0 Å². The van der Waals surface area contributed by atoms with E-state index in [2.05, 4.69) is 60.9 Å². The average Bonchev–Trinajstić information content (AvgIpc) is 3.61. The lowest BCUT2D eigenvalue weighted by molar-refractivity contribution is -0.144. The molecule has 0 amide bonds. The van der Waals surface area contributed by atoms with Crippen LogP contribution in [0.25, 0.3) is 0 Å². The van der Waals surface area contributed by atoms with E-state index in [1.165, 1.54) is 12.7 Å². The van der Waals surface area contributed by atoms with Crippen molar-refractivity contribution in [2.75, 3.05) is 20.3 Å². The first-order valence-electron chi connectivity index (χ1n) is 17.0. The van der Waals surface area contributed by atoms with Gasteiger partial charge in [0.2, 0.25) is 0 Å². The van der Waals surface area contributed by atoms with Gasteiger partial charge in [-0.2, -0.15) is 8.42 Å². The van der Waals surface area contributed by atoms with E-state index in [9.17, 15) is 13.2 Å². The highest BCUT2D eigenvalue weighted by molar-refractivity contribution is 7.86. The quantitative estimate of drug-likeness (QED) is 0.113. The number of carbonyl (C=O) groups excluding carboxylic acids is 1. The van der Waals surface area contributed by atoms with Crippen LogP contribution >= 0.6 is 0 Å². The molecule has 0 aromatic heterocycles. The van der Waals surface area contributed by atoms with Gasteiger partial charge >= 0.3 is 5.97 Å². The SMILES string of the molecule is CC[C@@](COS(=O)(=O)c1ccc(C)cc1)(C[C@H]1CC(C(=O)OC)C2=Nc3ccccc3C23CCN(Cc2ccccc2)[C@H]13)O[Si](C)(C)C. The Hall–Kier alpha value is -3.15. The second-order valence-electron chi connectivity index (χ2n) is 14.7. The van der Waals surface area contributed by atoms with Gasteiger partial charge in [-0.05, 0) is 87.5 Å². The lowest BCUT2D eigenvalue weighted by atomic mass is 9.57. The van der Waals surface area contributed by atoms with E-state index in [1.807, 2.05) is 32.0 Å². The molecule has 1 aliphatic carbocycles. The summed E-state index contributed by atoms with van der Waals surface area (Å²) in [6.07, 6.45) is 2.43. The molecule has 1 saturated carbocycles. The zero-order valence-electron chi connectivity index (χ0n) is 28.9. The highest BCUT2D eigenvalue weighted by atomic mass is 32.2. The van der Waals surface area contributed by atoms with Gasteiger partial charge < -0.3 is 9.16 Å². The maximum atomic E-state index is 13.6. The molecular weight excluding hydrogens is 641 g/mol. The Bertz CT molecular complexity index is 1770. The lowest BCUT2D eigenvalue weighted by Crippen LogP contribution is -2.60. The summed E-state index contributed by atoms with van der Waals surface area (Å²) >= 11 is 0. The largest absolute Gasteiger partial charge is 0.469 e. The van der Waals surface area contributed by atoms with Gasteiger partial charge in [0.25, 0.3) is 10.1 Å². The number of aliphatic imine (C=N–C) groups is 1. The number of benzene rings is 3. The molecule has 3 aliphatic rings. The molecule has 1 spiro atoms. The molecule has 2 heterocycles. The van der Waals surface area contributed by atoms with Crippen LogP contribution in [0, 0.1) is 18.8 Å². The summed E-state index contributed by atoms with van der Waals surface area (Å²) < 4.78 is 45.4. The minimum Gasteiger partial charge on any atom is -0.469 e. The number of nitrogens with zero attached hydrogens (tertiary/aromatic N) is 2. The Balaban J connectivity index is 1.43. The van der Waals surface area contributed by atoms with Crippen molar-refractivity contribution in [2.45, 2.75) is 87.7 Å². The number of esters is 1. The second kappa shape index (κ2) is 13.3. The van der Waals surface area contributed by atoms with Crippen molar-refractivity contribution in [3.8, 4) is 0 Å². The molecule has 0 radical (unpaired) electrons. The predicted molar refractivity (Wildman–Crippen MR) is 190 cm³/mol. The standard InChI is InChI=1S/C38H48N2O6SSi/c1-7-37(46-48(4,5)6,26-45-47(42,43)30-19-17-27(2)18-20-30)24-29-23-31(36(41)44-3)34-38(32-15-11-12-16-33(32)39-34)21-22-40(35(29)38)25-28-13-9-8-10-14-28/h8-20,29,31,35H,7,21-26H2,1-6H3/t29-,31?,35-,37+,38?/m1/s1. The van der Waals surface area contributed by atoms with Crippen LogP contribution in [-0.2, 0) is 40.2 Å². The van der Waals surface area contributed by atoms with Crippen molar-refractivity contribution < 1.29 is 26.6 Å². The molecule has 256 valence electrons. The van der Waals surface area contributed by atoms with Crippen molar-refractivity contribution >= 4 is 35.8 Å². The number of carbonyl (C=O) groups is 1. The third-order valence-corrected chi connectivity index (χ3v) is 12.7. The van der Waals surface area contributed by atoms with Crippen LogP contribution in [0.2, 0.25) is 19.6 Å². The number of aryl methyl sites for hydroxylation is 1. The van der Waals surface area contributed by atoms with Crippen LogP contribution in [0.1, 0.15) is 49.3 Å². The Morgan fingerprint density at radius 1 is 1.02 bits per heavy atom. The van der Waals surface area contributed by atoms with Gasteiger partial charge in [-0.1, -0.05) is 73.2 Å². The highest BCUT2D eigenvalue weighted by Gasteiger charge is 2.64. The summed E-state index contributed by atoms with van der Waals surface area (Å²) in [5.41, 5.74) is 3.80. The number of rotatable bonds is 12. The predicted octanol–water partition coefficient (Wildman–Crippen LogP) is 7.20. The number of methoxy groups -OCH3 is 1. The fraction of sp³-hybridized carbons (Fsp3) is 0.474. The number of para-hydroxylation sites is 1. The van der Waals surface area contributed by atoms with Gasteiger partial charge in [-0.3, -0.25) is 18.9 Å². The zero-order chi connectivity index (χ0) is 34.3. The molecule has 2 unspecified atom stereocenters. The van der Waals surface area contributed by atoms with Gasteiger partial charge in [-0.25, -0.2) is 0 Å². The Morgan fingerprint density at radius 3 is 2.38 bits per heavy atom. The van der Waals surface area contributed by atoms with Crippen LogP contribution in [0.15, 0.2) is 88.8 Å². The Labute approximate surface area is 286 Å². The Kier molecular flexibility index (Phi) is 9.60. The minimum atomic E-state index is -4.04. The number of hydrogen-bond donors (Lipinski definition) is 0. The first kappa shape index (κ1) is 34.7. The van der Waals surface area contributed by atoms with Crippen LogP contribution in [0.3, 0.4) is 0 Å². The van der Waals surface area contributed by atoms with Crippen LogP contribution in [0.5, 0.6) is 0 Å². The molecule has 0 bridgehead atoms. The van der Waals surface area contributed by atoms with Crippen LogP contribution in [0.4, 0.5) is 5.69 Å². The molecular formula is C38H48N2O6SSi. The molecule has 48 heavy (non-hydrogen) atoms. The topological polar surface area (TPSA) is 94.5 Å². The summed E-state index contributed by atoms with van der Waals surface area (Å²) in [7, 11) is -4.82. The van der Waals surface area contributed by atoms with Crippen LogP contribution in [-0.4, -0.2) is 65.2 Å². The Morgan fingerprint density at radius 2 is 1.71 bits per heavy atom. The number of hydrogen-bond acceptors (Lipinski definition) is 8. The van der Waals surface area contributed by atoms with Gasteiger partial charge in [0.05, 0.1) is 41.2 Å². The summed E-state index contributed by atoms with van der Waals surface area (Å²) in [4.78, 5) is 21.5. The fourth-order valence-electron chi connectivity index (χ4n) is 8.51. The molecule has 3 aromatic carbocycles. The van der Waals surface area contributed by atoms with Crippen molar-refractivity contribution in [1.29, 1.82) is 0 Å². The van der Waals surface area contributed by atoms with E-state index in [1.54, 1.807) is 24.3 Å². The summed E-state index contributed by atoms with van der Waals surface area (Å²) in [6.45, 7) is 11.8. The minimum absolute atomic E-state index is 0.00544. The summed E-state index contributed by atoms with van der Waals surface area (Å²) in [5, 5.41) is 0. The third-order valence-electron chi connectivity index (χ3n) is 10.4. The molecule has 6 rings (SSSR count). The fourth-order valence-corrected chi connectivity index (χ4v) is 11.1. The lowest BCUT2D eigenvalue weighted by Gasteiger charge is -2.51. The number of likely N-dealkylation sites (tertiary alicyclic amines) is 1. The first-order valence-corrected chi connectivity index (χ1v) is 21.8. The molecule has 8 nitrogen and oxygen atoms in total. The van der Waals surface area contributed by atoms with Gasteiger partial charge in [0, 0.05) is 24.8 Å². The zero-order valence-corrected chi connectivity index (χ0v) is 30.8. The van der Waals surface area contributed by atoms with E-state index in [0.717, 1.165) is 42.0 Å². The monoisotopic (exact) mass is 688 g/mol. The van der Waals surface area contributed by atoms with Gasteiger partial charge in [0.1, 0.15) is 0 Å². The molecule has 5 atom stereocenters. The maximum absolute atomic E-state index is 13.6. The van der Waals surface area contributed by atoms with Crippen molar-refractivity contribution in [1.82, 2.24) is 4.90 Å². The number of ether oxygens (including phenoxy) is 1. The van der Waals surface area contributed by atoms with Gasteiger partial charge in [-0.15, -0.1) is 0 Å². The van der Waals surface area contributed by atoms with Crippen molar-refractivity contribution in [2.24, 2.45) is 16.8 Å². The molecule has 2 fully saturated rings. The van der Waals surface area contributed by atoms with E-state index in [0.29, 0.717) is 19.3 Å². The average molecular weight is 689 g/mol. The molecule has 0 N–H and O–H groups in total. The normalized spacial score (nSPS) is 25.0. The van der Waals surface area contributed by atoms with Gasteiger partial charge in [0.15, 0.2) is 8.32 Å². The summed E-state index contributed by atoms with van der Waals surface area (Å²) in [5.74, 6) is -0.844. The molecule has 3 aromatic rings. The highest BCUT2D eigenvalue weighted by Crippen LogP contribution is 2.58. The summed E-state index contributed by atoms with van der Waals surface area (Å²) in [6, 6.07) is 25.5.